The third kappa shape index (κ3) is 10.4. The molecule has 5 nitrogen and oxygen atoms in total. The summed E-state index contributed by atoms with van der Waals surface area (Å²) in [6, 6.07) is 3.90. The topological polar surface area (TPSA) is 101 Å². The predicted octanol–water partition coefficient (Wildman–Crippen LogP) is 5.68. The monoisotopic (exact) mass is 443 g/mol. The van der Waals surface area contributed by atoms with Crippen LogP contribution in [-0.2, 0) is 11.0 Å². The van der Waals surface area contributed by atoms with Gasteiger partial charge in [-0.3, -0.25) is 9.36 Å². The lowest BCUT2D eigenvalue weighted by molar-refractivity contribution is 0.0983. The summed E-state index contributed by atoms with van der Waals surface area (Å²) in [6.07, 6.45) is 13.8. The van der Waals surface area contributed by atoms with Crippen molar-refractivity contribution in [3.05, 3.63) is 21.9 Å². The molecule has 0 aliphatic heterocycles. The van der Waals surface area contributed by atoms with Crippen molar-refractivity contribution in [3.63, 3.8) is 0 Å². The fourth-order valence-corrected chi connectivity index (χ4v) is 5.87. The van der Waals surface area contributed by atoms with Crippen LogP contribution in [0.2, 0.25) is 0 Å². The van der Waals surface area contributed by atoms with Crippen LogP contribution in [-0.4, -0.2) is 27.3 Å². The van der Waals surface area contributed by atoms with E-state index in [1.54, 1.807) is 0 Å². The summed E-state index contributed by atoms with van der Waals surface area (Å²) in [6.45, 7) is 1.83. The maximum Gasteiger partial charge on any atom is 0.325 e. The lowest BCUT2D eigenvalue weighted by atomic mass is 9.85. The summed E-state index contributed by atoms with van der Waals surface area (Å²) in [5.74, 6) is 1.16. The van der Waals surface area contributed by atoms with Gasteiger partial charge in [-0.1, -0.05) is 51.4 Å². The van der Waals surface area contributed by atoms with E-state index in [-0.39, 0.29) is 18.4 Å². The molecule has 0 radical (unpaired) electrons. The molecule has 0 amide bonds. The van der Waals surface area contributed by atoms with Crippen LogP contribution in [0.4, 0.5) is 0 Å². The van der Waals surface area contributed by atoms with E-state index in [9.17, 15) is 9.36 Å². The molecule has 0 saturated heterocycles. The van der Waals surface area contributed by atoms with Crippen molar-refractivity contribution in [2.24, 2.45) is 11.7 Å². The molecule has 1 aromatic rings. The number of rotatable bonds is 13. The number of hydrogen-bond donors (Lipinski definition) is 3. The van der Waals surface area contributed by atoms with E-state index < -0.39 is 13.1 Å². The maximum atomic E-state index is 12.4. The molecule has 29 heavy (non-hydrogen) atoms. The molecule has 1 unspecified atom stereocenters. The Morgan fingerprint density at radius 3 is 2.59 bits per heavy atom. The van der Waals surface area contributed by atoms with E-state index in [1.807, 2.05) is 19.1 Å². The van der Waals surface area contributed by atoms with Crippen molar-refractivity contribution < 1.29 is 19.1 Å². The van der Waals surface area contributed by atoms with Crippen LogP contribution in [0.5, 0.6) is 0 Å². The number of ketones is 1. The lowest BCUT2D eigenvalue weighted by Gasteiger charge is -2.24. The number of thiophene rings is 1. The van der Waals surface area contributed by atoms with Gasteiger partial charge in [-0.05, 0) is 50.7 Å². The van der Waals surface area contributed by atoms with Crippen LogP contribution in [0.3, 0.4) is 0 Å². The molecule has 1 heterocycles. The molecule has 2 rings (SSSR count). The molecule has 0 aromatic carbocycles. The average molecular weight is 444 g/mol. The average Bonchev–Trinajstić information content (AvgIpc) is 3.14. The summed E-state index contributed by atoms with van der Waals surface area (Å²) >= 11 is 1.53. The van der Waals surface area contributed by atoms with Crippen LogP contribution < -0.4 is 5.73 Å². The Morgan fingerprint density at radius 1 is 1.17 bits per heavy atom. The van der Waals surface area contributed by atoms with Gasteiger partial charge in [0, 0.05) is 16.8 Å². The summed E-state index contributed by atoms with van der Waals surface area (Å²) < 4.78 is 11.0. The number of aryl methyl sites for hydroxylation is 1. The summed E-state index contributed by atoms with van der Waals surface area (Å²) in [5.41, 5.74) is 5.56. The lowest BCUT2D eigenvalue weighted by Crippen LogP contribution is -2.37. The van der Waals surface area contributed by atoms with E-state index in [2.05, 4.69) is 0 Å². The van der Waals surface area contributed by atoms with E-state index in [4.69, 9.17) is 15.5 Å². The number of unbranched alkanes of at least 4 members (excludes halogenated alkanes) is 2. The van der Waals surface area contributed by atoms with Crippen LogP contribution in [0, 0.1) is 5.92 Å². The molecule has 1 saturated carbocycles. The van der Waals surface area contributed by atoms with E-state index in [0.717, 1.165) is 34.9 Å². The highest BCUT2D eigenvalue weighted by Gasteiger charge is 2.24. The zero-order chi connectivity index (χ0) is 21.3. The van der Waals surface area contributed by atoms with Crippen LogP contribution in [0.15, 0.2) is 12.1 Å². The molecule has 166 valence electrons. The van der Waals surface area contributed by atoms with Gasteiger partial charge in [-0.15, -0.1) is 11.3 Å². The van der Waals surface area contributed by atoms with E-state index in [1.165, 1.54) is 56.3 Å². The summed E-state index contributed by atoms with van der Waals surface area (Å²) in [4.78, 5) is 32.4. The Hall–Kier alpha value is -0.520. The number of hydrogen-bond acceptors (Lipinski definition) is 4. The van der Waals surface area contributed by atoms with Crippen molar-refractivity contribution in [3.8, 4) is 0 Å². The number of Topliss-reactive ketones (excluding diaryl/α,β-unsaturated/α-hetero) is 1. The first kappa shape index (κ1) is 24.7. The van der Waals surface area contributed by atoms with Crippen molar-refractivity contribution in [1.82, 2.24) is 0 Å². The van der Waals surface area contributed by atoms with Crippen LogP contribution in [0.1, 0.15) is 98.5 Å². The van der Waals surface area contributed by atoms with Crippen LogP contribution in [0.25, 0.3) is 0 Å². The molecule has 1 aliphatic rings. The molecule has 1 fully saturated rings. The highest BCUT2D eigenvalue weighted by atomic mass is 32.1. The second-order valence-corrected chi connectivity index (χ2v) is 12.0. The Labute approximate surface area is 179 Å². The predicted molar refractivity (Wildman–Crippen MR) is 121 cm³/mol. The van der Waals surface area contributed by atoms with E-state index in [0.29, 0.717) is 12.8 Å². The standard InChI is InChI=1S/C22H38NO4PS/c1-22(23,16-17-28(25,26)27)15-14-19-12-13-21(29-19)20(24)11-7-3-6-10-18-8-4-2-5-9-18/h12-13,18H,2-11,14-17,23H2,1H3,(H2,25,26,27). The third-order valence-corrected chi connectivity index (χ3v) is 8.09. The molecule has 1 aliphatic carbocycles. The first-order valence-corrected chi connectivity index (χ1v) is 13.7. The Morgan fingerprint density at radius 2 is 1.90 bits per heavy atom. The summed E-state index contributed by atoms with van der Waals surface area (Å²) in [7, 11) is -4.01. The Balaban J connectivity index is 1.65. The number of carbonyl (C=O) groups is 1. The van der Waals surface area contributed by atoms with Gasteiger partial charge < -0.3 is 15.5 Å². The molecule has 0 spiro atoms. The van der Waals surface area contributed by atoms with Crippen molar-refractivity contribution in [1.29, 1.82) is 0 Å². The van der Waals surface area contributed by atoms with Crippen molar-refractivity contribution in [2.45, 2.75) is 95.9 Å². The van der Waals surface area contributed by atoms with Gasteiger partial charge in [0.2, 0.25) is 0 Å². The number of nitrogens with two attached hydrogens (primary N) is 1. The molecule has 1 aromatic heterocycles. The fraction of sp³-hybridized carbons (Fsp3) is 0.773. The first-order chi connectivity index (χ1) is 13.6. The normalized spacial score (nSPS) is 17.9. The smallest absolute Gasteiger partial charge is 0.325 e. The third-order valence-electron chi connectivity index (χ3n) is 6.09. The fourth-order valence-electron chi connectivity index (χ4n) is 4.09. The SMILES string of the molecule is CC(N)(CCc1ccc(C(=O)CCCCCC2CCCCC2)s1)CCP(=O)(O)O. The van der Waals surface area contributed by atoms with Gasteiger partial charge in [-0.25, -0.2) is 0 Å². The second-order valence-electron chi connectivity index (χ2n) is 9.08. The Bertz CT molecular complexity index is 676. The van der Waals surface area contributed by atoms with Gasteiger partial charge in [0.25, 0.3) is 0 Å². The molecular weight excluding hydrogens is 405 g/mol. The zero-order valence-electron chi connectivity index (χ0n) is 17.8. The van der Waals surface area contributed by atoms with Crippen LogP contribution >= 0.6 is 18.9 Å². The van der Waals surface area contributed by atoms with Gasteiger partial charge >= 0.3 is 7.60 Å². The molecule has 4 N–H and O–H groups in total. The van der Waals surface area contributed by atoms with Gasteiger partial charge in [0.15, 0.2) is 5.78 Å². The minimum Gasteiger partial charge on any atom is -0.325 e. The second kappa shape index (κ2) is 11.8. The highest BCUT2D eigenvalue weighted by molar-refractivity contribution is 7.51. The highest BCUT2D eigenvalue weighted by Crippen LogP contribution is 2.37. The van der Waals surface area contributed by atoms with Crippen molar-refractivity contribution >= 4 is 24.7 Å². The first-order valence-electron chi connectivity index (χ1n) is 11.1. The minimum atomic E-state index is -4.01. The zero-order valence-corrected chi connectivity index (χ0v) is 19.5. The van der Waals surface area contributed by atoms with E-state index >= 15 is 0 Å². The van der Waals surface area contributed by atoms with Gasteiger partial charge in [0.1, 0.15) is 0 Å². The molecule has 7 heteroatoms. The Kier molecular flexibility index (Phi) is 10.0. The minimum absolute atomic E-state index is 0.186. The quantitative estimate of drug-likeness (QED) is 0.207. The summed E-state index contributed by atoms with van der Waals surface area (Å²) in [5, 5.41) is 0. The van der Waals surface area contributed by atoms with Crippen molar-refractivity contribution in [2.75, 3.05) is 6.16 Å². The maximum absolute atomic E-state index is 12.4. The number of carbonyl (C=O) groups excluding carboxylic acids is 1. The molecule has 0 bridgehead atoms. The van der Waals surface area contributed by atoms with Gasteiger partial charge in [0.05, 0.1) is 11.0 Å². The molecular formula is C22H38NO4PS. The van der Waals surface area contributed by atoms with Gasteiger partial charge in [-0.2, -0.15) is 0 Å². The largest absolute Gasteiger partial charge is 0.325 e. The molecule has 1 atom stereocenters.